The van der Waals surface area contributed by atoms with Crippen molar-refractivity contribution in [1.29, 1.82) is 0 Å². The third-order valence-corrected chi connectivity index (χ3v) is 3.46. The maximum atomic E-state index is 12.2. The van der Waals surface area contributed by atoms with Crippen molar-refractivity contribution in [2.45, 2.75) is 25.0 Å². The molecule has 2 aliphatic heterocycles. The Morgan fingerprint density at radius 2 is 2.37 bits per heavy atom. The Bertz CT molecular complexity index is 574. The highest BCUT2D eigenvalue weighted by Crippen LogP contribution is 2.36. The molecule has 2 aliphatic rings. The lowest BCUT2D eigenvalue weighted by molar-refractivity contribution is -0.131. The number of aromatic nitrogens is 1. The predicted molar refractivity (Wildman–Crippen MR) is 66.6 cm³/mol. The van der Waals surface area contributed by atoms with Crippen LogP contribution in [0.1, 0.15) is 12.1 Å². The van der Waals surface area contributed by atoms with Crippen molar-refractivity contribution in [3.05, 3.63) is 17.8 Å². The van der Waals surface area contributed by atoms with Crippen LogP contribution in [0, 0.1) is 6.92 Å². The van der Waals surface area contributed by atoms with Crippen molar-refractivity contribution in [1.82, 2.24) is 10.3 Å². The standard InChI is InChI=1S/C12H14N4O3/c1-6-2-3-8-10(15-6)16-11(18)12(19-8)4-7(9(13)17)14-5-12/h2-3,7,14H,4-5H2,1H3,(H2,13,17)(H,15,16,18)/t7-,12+/m0/s1. The number of primary amides is 1. The average molecular weight is 262 g/mol. The van der Waals surface area contributed by atoms with Crippen molar-refractivity contribution in [2.24, 2.45) is 5.73 Å². The summed E-state index contributed by atoms with van der Waals surface area (Å²) in [5.74, 6) is 0.144. The maximum Gasteiger partial charge on any atom is 0.271 e. The molecule has 1 fully saturated rings. The van der Waals surface area contributed by atoms with E-state index in [2.05, 4.69) is 15.6 Å². The molecule has 0 saturated carbocycles. The van der Waals surface area contributed by atoms with Crippen molar-refractivity contribution < 1.29 is 14.3 Å². The number of fused-ring (bicyclic) bond motifs is 1. The predicted octanol–water partition coefficient (Wildman–Crippen LogP) is -0.693. The minimum absolute atomic E-state index is 0.224. The number of anilines is 1. The van der Waals surface area contributed by atoms with E-state index in [-0.39, 0.29) is 18.9 Å². The number of ether oxygens (including phenoxy) is 1. The number of nitrogens with zero attached hydrogens (tertiary/aromatic N) is 1. The highest BCUT2D eigenvalue weighted by molar-refractivity contribution is 6.01. The van der Waals surface area contributed by atoms with Gasteiger partial charge in [-0.3, -0.25) is 9.59 Å². The number of pyridine rings is 1. The fraction of sp³-hybridized carbons (Fsp3) is 0.417. The van der Waals surface area contributed by atoms with E-state index in [1.165, 1.54) is 0 Å². The van der Waals surface area contributed by atoms with Crippen LogP contribution in [0.4, 0.5) is 5.82 Å². The normalized spacial score (nSPS) is 28.7. The van der Waals surface area contributed by atoms with Crippen LogP contribution in [0.3, 0.4) is 0 Å². The number of nitrogens with two attached hydrogens (primary N) is 1. The monoisotopic (exact) mass is 262 g/mol. The van der Waals surface area contributed by atoms with Gasteiger partial charge in [0.05, 0.1) is 6.04 Å². The molecule has 0 bridgehead atoms. The van der Waals surface area contributed by atoms with E-state index in [0.29, 0.717) is 11.6 Å². The molecule has 1 spiro atoms. The molecule has 0 aromatic carbocycles. The van der Waals surface area contributed by atoms with E-state index in [1.54, 1.807) is 12.1 Å². The van der Waals surface area contributed by atoms with Crippen molar-refractivity contribution >= 4 is 17.6 Å². The van der Waals surface area contributed by atoms with Gasteiger partial charge in [-0.1, -0.05) is 0 Å². The molecule has 2 atom stereocenters. The summed E-state index contributed by atoms with van der Waals surface area (Å²) in [5, 5.41) is 5.63. The first-order valence-corrected chi connectivity index (χ1v) is 6.01. The largest absolute Gasteiger partial charge is 0.472 e. The Hall–Kier alpha value is -2.15. The van der Waals surface area contributed by atoms with Crippen LogP contribution in [0.25, 0.3) is 0 Å². The Labute approximate surface area is 109 Å². The molecule has 7 heteroatoms. The lowest BCUT2D eigenvalue weighted by Crippen LogP contribution is -2.52. The van der Waals surface area contributed by atoms with E-state index in [9.17, 15) is 9.59 Å². The Morgan fingerprint density at radius 3 is 3.05 bits per heavy atom. The number of hydrogen-bond acceptors (Lipinski definition) is 5. The number of hydrogen-bond donors (Lipinski definition) is 3. The van der Waals surface area contributed by atoms with Crippen LogP contribution < -0.4 is 21.1 Å². The lowest BCUT2D eigenvalue weighted by Gasteiger charge is -2.33. The van der Waals surface area contributed by atoms with Gasteiger partial charge in [-0.25, -0.2) is 4.98 Å². The molecular weight excluding hydrogens is 248 g/mol. The quantitative estimate of drug-likeness (QED) is 0.621. The Morgan fingerprint density at radius 1 is 1.58 bits per heavy atom. The molecule has 19 heavy (non-hydrogen) atoms. The summed E-state index contributed by atoms with van der Waals surface area (Å²) in [5.41, 5.74) is 4.96. The molecule has 100 valence electrons. The van der Waals surface area contributed by atoms with Gasteiger partial charge in [0.1, 0.15) is 0 Å². The summed E-state index contributed by atoms with van der Waals surface area (Å²) in [6.45, 7) is 2.08. The fourth-order valence-corrected chi connectivity index (χ4v) is 2.41. The third-order valence-electron chi connectivity index (χ3n) is 3.46. The van der Waals surface area contributed by atoms with Gasteiger partial charge in [-0.15, -0.1) is 0 Å². The zero-order chi connectivity index (χ0) is 13.6. The Balaban J connectivity index is 1.92. The smallest absolute Gasteiger partial charge is 0.271 e. The lowest BCUT2D eigenvalue weighted by atomic mass is 9.97. The van der Waals surface area contributed by atoms with Crippen LogP contribution in [-0.4, -0.2) is 35.0 Å². The first kappa shape index (κ1) is 11.9. The first-order valence-electron chi connectivity index (χ1n) is 6.01. The van der Waals surface area contributed by atoms with Crippen molar-refractivity contribution in [2.75, 3.05) is 11.9 Å². The van der Waals surface area contributed by atoms with Gasteiger partial charge < -0.3 is 21.1 Å². The van der Waals surface area contributed by atoms with Crippen molar-refractivity contribution in [3.8, 4) is 5.75 Å². The van der Waals surface area contributed by atoms with E-state index in [4.69, 9.17) is 10.5 Å². The molecule has 2 amide bonds. The molecule has 4 N–H and O–H groups in total. The van der Waals surface area contributed by atoms with E-state index >= 15 is 0 Å². The maximum absolute atomic E-state index is 12.2. The number of carbonyl (C=O) groups excluding carboxylic acids is 2. The number of rotatable bonds is 1. The molecular formula is C12H14N4O3. The molecule has 1 aromatic rings. The summed E-state index contributed by atoms with van der Waals surface area (Å²) in [6.07, 6.45) is 0.224. The molecule has 1 saturated heterocycles. The molecule has 1 aromatic heterocycles. The van der Waals surface area contributed by atoms with Crippen LogP contribution in [-0.2, 0) is 9.59 Å². The van der Waals surface area contributed by atoms with Crippen LogP contribution in [0.2, 0.25) is 0 Å². The summed E-state index contributed by atoms with van der Waals surface area (Å²) in [6, 6.07) is 3.01. The topological polar surface area (TPSA) is 106 Å². The van der Waals surface area contributed by atoms with Crippen LogP contribution in [0.5, 0.6) is 5.75 Å². The number of aryl methyl sites for hydroxylation is 1. The molecule has 0 unspecified atom stereocenters. The minimum atomic E-state index is -1.08. The first-order chi connectivity index (χ1) is 9.00. The van der Waals surface area contributed by atoms with Crippen molar-refractivity contribution in [3.63, 3.8) is 0 Å². The highest BCUT2D eigenvalue weighted by atomic mass is 16.5. The van der Waals surface area contributed by atoms with Gasteiger partial charge in [-0.05, 0) is 19.1 Å². The van der Waals surface area contributed by atoms with Gasteiger partial charge >= 0.3 is 0 Å². The van der Waals surface area contributed by atoms with E-state index in [1.807, 2.05) is 6.92 Å². The second-order valence-electron chi connectivity index (χ2n) is 4.89. The SMILES string of the molecule is Cc1ccc2c(n1)NC(=O)[C@@]1(CN[C@H](C(N)=O)C1)O2. The van der Waals surface area contributed by atoms with Gasteiger partial charge in [0.25, 0.3) is 5.91 Å². The summed E-state index contributed by atoms with van der Waals surface area (Å²) in [7, 11) is 0. The molecule has 3 rings (SSSR count). The van der Waals surface area contributed by atoms with Crippen LogP contribution >= 0.6 is 0 Å². The average Bonchev–Trinajstić information content (AvgIpc) is 2.77. The zero-order valence-corrected chi connectivity index (χ0v) is 10.4. The minimum Gasteiger partial charge on any atom is -0.472 e. The van der Waals surface area contributed by atoms with Gasteiger partial charge in [-0.2, -0.15) is 0 Å². The molecule has 7 nitrogen and oxygen atoms in total. The van der Waals surface area contributed by atoms with Crippen LogP contribution in [0.15, 0.2) is 12.1 Å². The third kappa shape index (κ3) is 1.82. The summed E-state index contributed by atoms with van der Waals surface area (Å²) in [4.78, 5) is 27.6. The number of carbonyl (C=O) groups is 2. The van der Waals surface area contributed by atoms with E-state index < -0.39 is 17.6 Å². The highest BCUT2D eigenvalue weighted by Gasteiger charge is 2.51. The Kier molecular flexibility index (Phi) is 2.46. The van der Waals surface area contributed by atoms with E-state index in [0.717, 1.165) is 5.69 Å². The number of amides is 2. The molecule has 0 radical (unpaired) electrons. The molecule has 3 heterocycles. The molecule has 0 aliphatic carbocycles. The fourth-order valence-electron chi connectivity index (χ4n) is 2.41. The zero-order valence-electron chi connectivity index (χ0n) is 10.4. The van der Waals surface area contributed by atoms with Gasteiger partial charge in [0, 0.05) is 18.7 Å². The van der Waals surface area contributed by atoms with Gasteiger partial charge in [0.2, 0.25) is 11.5 Å². The summed E-state index contributed by atoms with van der Waals surface area (Å²) >= 11 is 0. The van der Waals surface area contributed by atoms with Gasteiger partial charge in [0.15, 0.2) is 11.6 Å². The second kappa shape index (κ2) is 3.92. The second-order valence-corrected chi connectivity index (χ2v) is 4.89. The summed E-state index contributed by atoms with van der Waals surface area (Å²) < 4.78 is 5.78. The number of nitrogens with one attached hydrogen (secondary N) is 2.